The van der Waals surface area contributed by atoms with Gasteiger partial charge in [0.1, 0.15) is 16.7 Å². The Bertz CT molecular complexity index is 907. The number of ether oxygens (including phenoxy) is 2. The van der Waals surface area contributed by atoms with Crippen molar-refractivity contribution in [2.75, 3.05) is 19.7 Å². The Morgan fingerprint density at radius 1 is 1.07 bits per heavy atom. The molecule has 1 aliphatic heterocycles. The Kier molecular flexibility index (Phi) is 7.31. The summed E-state index contributed by atoms with van der Waals surface area (Å²) in [6.45, 7) is 2.36. The summed E-state index contributed by atoms with van der Waals surface area (Å²) in [6, 6.07) is 17.9. The van der Waals surface area contributed by atoms with Gasteiger partial charge in [-0.3, -0.25) is 0 Å². The molecule has 4 rings (SSSR count). The highest BCUT2D eigenvalue weighted by atomic mass is 35.5. The lowest BCUT2D eigenvalue weighted by Gasteiger charge is -2.24. The summed E-state index contributed by atoms with van der Waals surface area (Å²) < 4.78 is 12.7. The summed E-state index contributed by atoms with van der Waals surface area (Å²) in [5, 5.41) is 4.35. The molecule has 1 saturated heterocycles. The molecule has 148 valence electrons. The van der Waals surface area contributed by atoms with Crippen LogP contribution >= 0.6 is 23.7 Å². The average molecular weight is 418 g/mol. The molecule has 6 heteroatoms. The summed E-state index contributed by atoms with van der Waals surface area (Å²) in [6.07, 6.45) is 2.98. The fourth-order valence-corrected chi connectivity index (χ4v) is 4.28. The molecule has 4 nitrogen and oxygen atoms in total. The number of halogens is 1. The molecule has 1 aliphatic rings. The van der Waals surface area contributed by atoms with Crippen molar-refractivity contribution in [3.05, 3.63) is 65.0 Å². The summed E-state index contributed by atoms with van der Waals surface area (Å²) in [5.41, 5.74) is 1.17. The van der Waals surface area contributed by atoms with Crippen LogP contribution in [0.15, 0.2) is 54.6 Å². The first-order valence-corrected chi connectivity index (χ1v) is 10.2. The summed E-state index contributed by atoms with van der Waals surface area (Å²) in [7, 11) is 0. The zero-order valence-electron chi connectivity index (χ0n) is 15.6. The monoisotopic (exact) mass is 417 g/mol. The van der Waals surface area contributed by atoms with Gasteiger partial charge < -0.3 is 14.8 Å². The van der Waals surface area contributed by atoms with Crippen LogP contribution in [0, 0.1) is 0 Å². The number of hydrogen-bond acceptors (Lipinski definition) is 5. The molecule has 0 unspecified atom stereocenters. The number of benzene rings is 2. The first-order valence-electron chi connectivity index (χ1n) is 9.40. The predicted octanol–water partition coefficient (Wildman–Crippen LogP) is 4.85. The van der Waals surface area contributed by atoms with Crippen LogP contribution in [0.3, 0.4) is 0 Å². The Balaban J connectivity index is 0.00000225. The number of carbonyl (C=O) groups excluding carboxylic acids is 1. The number of hydrogen-bond donors (Lipinski definition) is 1. The lowest BCUT2D eigenvalue weighted by atomic mass is 10.1. The van der Waals surface area contributed by atoms with Crippen LogP contribution in [0.25, 0.3) is 10.1 Å². The normalized spacial score (nSPS) is 14.4. The molecule has 2 aromatic carbocycles. The number of fused-ring (bicyclic) bond motifs is 1. The third-order valence-electron chi connectivity index (χ3n) is 4.77. The third-order valence-corrected chi connectivity index (χ3v) is 5.85. The van der Waals surface area contributed by atoms with Crippen LogP contribution in [-0.2, 0) is 11.2 Å². The number of carbonyl (C=O) groups is 1. The van der Waals surface area contributed by atoms with Gasteiger partial charge in [0.25, 0.3) is 0 Å². The molecule has 2 heterocycles. The Labute approximate surface area is 175 Å². The van der Waals surface area contributed by atoms with E-state index < -0.39 is 0 Å². The predicted molar refractivity (Wildman–Crippen MR) is 116 cm³/mol. The van der Waals surface area contributed by atoms with Crippen LogP contribution in [0.2, 0.25) is 0 Å². The fourth-order valence-electron chi connectivity index (χ4n) is 3.31. The van der Waals surface area contributed by atoms with Crippen molar-refractivity contribution < 1.29 is 14.3 Å². The van der Waals surface area contributed by atoms with Gasteiger partial charge in [-0.15, -0.1) is 23.7 Å². The van der Waals surface area contributed by atoms with E-state index in [0.29, 0.717) is 11.5 Å². The van der Waals surface area contributed by atoms with Crippen LogP contribution < -0.4 is 10.1 Å². The van der Waals surface area contributed by atoms with Gasteiger partial charge in [0, 0.05) is 16.5 Å². The van der Waals surface area contributed by atoms with E-state index in [-0.39, 0.29) is 24.5 Å². The van der Waals surface area contributed by atoms with E-state index in [0.717, 1.165) is 48.2 Å². The van der Waals surface area contributed by atoms with Gasteiger partial charge in [-0.1, -0.05) is 36.4 Å². The molecule has 1 N–H and O–H groups in total. The van der Waals surface area contributed by atoms with Gasteiger partial charge in [-0.25, -0.2) is 4.79 Å². The zero-order valence-corrected chi connectivity index (χ0v) is 17.2. The molecular weight excluding hydrogens is 394 g/mol. The summed E-state index contributed by atoms with van der Waals surface area (Å²) >= 11 is 1.46. The molecule has 0 saturated carbocycles. The molecule has 1 aromatic heterocycles. The number of esters is 1. The Hall–Kier alpha value is -2.08. The lowest BCUT2D eigenvalue weighted by Crippen LogP contribution is -2.34. The van der Waals surface area contributed by atoms with E-state index in [1.54, 1.807) is 0 Å². The minimum atomic E-state index is -0.264. The van der Waals surface area contributed by atoms with Crippen molar-refractivity contribution in [3.8, 4) is 5.75 Å². The Morgan fingerprint density at radius 2 is 1.86 bits per heavy atom. The molecule has 0 amide bonds. The summed E-state index contributed by atoms with van der Waals surface area (Å²) in [5.74, 6) is 0.596. The molecule has 0 bridgehead atoms. The maximum absolute atomic E-state index is 12.4. The maximum atomic E-state index is 12.4. The molecule has 28 heavy (non-hydrogen) atoms. The van der Waals surface area contributed by atoms with E-state index in [1.165, 1.54) is 16.9 Å². The van der Waals surface area contributed by atoms with Crippen molar-refractivity contribution in [2.24, 2.45) is 0 Å². The van der Waals surface area contributed by atoms with Crippen LogP contribution in [-0.4, -0.2) is 31.8 Å². The van der Waals surface area contributed by atoms with Crippen LogP contribution in [0.1, 0.15) is 28.1 Å². The average Bonchev–Trinajstić information content (AvgIpc) is 3.15. The topological polar surface area (TPSA) is 47.6 Å². The molecule has 0 atom stereocenters. The van der Waals surface area contributed by atoms with E-state index in [1.807, 2.05) is 54.6 Å². The Morgan fingerprint density at radius 3 is 2.64 bits per heavy atom. The number of rotatable bonds is 6. The number of nitrogens with one attached hydrogen (secondary N) is 1. The highest BCUT2D eigenvalue weighted by molar-refractivity contribution is 7.20. The first kappa shape index (κ1) is 20.6. The molecule has 0 radical (unpaired) electrons. The highest BCUT2D eigenvalue weighted by Gasteiger charge is 2.18. The largest absolute Gasteiger partial charge is 0.490 e. The van der Waals surface area contributed by atoms with Gasteiger partial charge in [0.05, 0.1) is 6.61 Å². The van der Waals surface area contributed by atoms with Crippen LogP contribution in [0.5, 0.6) is 5.75 Å². The highest BCUT2D eigenvalue weighted by Crippen LogP contribution is 2.34. The molecule has 0 spiro atoms. The van der Waals surface area contributed by atoms with Crippen molar-refractivity contribution in [2.45, 2.75) is 25.4 Å². The van der Waals surface area contributed by atoms with E-state index in [4.69, 9.17) is 9.47 Å². The standard InChI is InChI=1S/C22H23NO3S.ClH/c24-22(25-14-11-16-5-2-1-3-6-16)21-15-18-19(7-4-8-20(18)27-21)26-17-9-12-23-13-10-17;/h1-8,15,17,23H,9-14H2;1H. The van der Waals surface area contributed by atoms with Crippen molar-refractivity contribution >= 4 is 39.8 Å². The lowest BCUT2D eigenvalue weighted by molar-refractivity contribution is 0.0515. The van der Waals surface area contributed by atoms with Gasteiger partial charge in [-0.05, 0) is 49.7 Å². The third kappa shape index (κ3) is 5.04. The van der Waals surface area contributed by atoms with Crippen molar-refractivity contribution in [1.29, 1.82) is 0 Å². The van der Waals surface area contributed by atoms with Gasteiger partial charge in [0.2, 0.25) is 0 Å². The molecule has 3 aromatic rings. The number of thiophene rings is 1. The SMILES string of the molecule is Cl.O=C(OCCc1ccccc1)c1cc2c(OC3CCNCC3)cccc2s1. The summed E-state index contributed by atoms with van der Waals surface area (Å²) in [4.78, 5) is 13.1. The smallest absolute Gasteiger partial charge is 0.348 e. The van der Waals surface area contributed by atoms with E-state index >= 15 is 0 Å². The second-order valence-corrected chi connectivity index (χ2v) is 7.80. The molecule has 0 aliphatic carbocycles. The van der Waals surface area contributed by atoms with Crippen LogP contribution in [0.4, 0.5) is 0 Å². The van der Waals surface area contributed by atoms with E-state index in [2.05, 4.69) is 5.32 Å². The second-order valence-electron chi connectivity index (χ2n) is 6.72. The van der Waals surface area contributed by atoms with E-state index in [9.17, 15) is 4.79 Å². The minimum Gasteiger partial charge on any atom is -0.490 e. The maximum Gasteiger partial charge on any atom is 0.348 e. The second kappa shape index (κ2) is 9.92. The quantitative estimate of drug-likeness (QED) is 0.582. The van der Waals surface area contributed by atoms with Gasteiger partial charge >= 0.3 is 5.97 Å². The van der Waals surface area contributed by atoms with Crippen molar-refractivity contribution in [1.82, 2.24) is 5.32 Å². The zero-order chi connectivity index (χ0) is 18.5. The van der Waals surface area contributed by atoms with Gasteiger partial charge in [0.15, 0.2) is 0 Å². The number of piperidine rings is 1. The fraction of sp³-hybridized carbons (Fsp3) is 0.318. The molecular formula is C22H24ClNO3S. The van der Waals surface area contributed by atoms with Gasteiger partial charge in [-0.2, -0.15) is 0 Å². The molecule has 1 fully saturated rings. The first-order chi connectivity index (χ1) is 13.3. The van der Waals surface area contributed by atoms with Crippen molar-refractivity contribution in [3.63, 3.8) is 0 Å². The minimum absolute atomic E-state index is 0.